The van der Waals surface area contributed by atoms with Crippen molar-refractivity contribution >= 4 is 51.7 Å². The molecule has 2 aromatic heterocycles. The molecule has 0 atom stereocenters. The zero-order chi connectivity index (χ0) is 24.9. The van der Waals surface area contributed by atoms with Gasteiger partial charge in [0.2, 0.25) is 0 Å². The summed E-state index contributed by atoms with van der Waals surface area (Å²) in [5.74, 6) is 1.22. The minimum Gasteiger partial charge on any atom is -0.488 e. The van der Waals surface area contributed by atoms with Gasteiger partial charge < -0.3 is 14.5 Å². The first-order valence-corrected chi connectivity index (χ1v) is 13.3. The number of hydrogen-bond acceptors (Lipinski definition) is 5. The Labute approximate surface area is 223 Å². The van der Waals surface area contributed by atoms with E-state index in [1.165, 1.54) is 4.88 Å². The van der Waals surface area contributed by atoms with E-state index in [4.69, 9.17) is 37.3 Å². The van der Waals surface area contributed by atoms with Crippen molar-refractivity contribution in [2.75, 3.05) is 0 Å². The molecule has 1 aliphatic rings. The SMILES string of the molecule is O=C(NCc1ccco1)c1c(N=Cc2cc(Cl)ccc2OCc2cccc(Cl)c2)sc2c1CCCC2. The van der Waals surface area contributed by atoms with Crippen LogP contribution in [0.3, 0.4) is 0 Å². The van der Waals surface area contributed by atoms with Gasteiger partial charge in [-0.1, -0.05) is 35.3 Å². The largest absolute Gasteiger partial charge is 0.488 e. The number of rotatable bonds is 8. The Balaban J connectivity index is 1.40. The fraction of sp³-hybridized carbons (Fsp3) is 0.214. The van der Waals surface area contributed by atoms with Crippen LogP contribution in [0.15, 0.2) is 70.3 Å². The average Bonchev–Trinajstić information content (AvgIpc) is 3.53. The van der Waals surface area contributed by atoms with Gasteiger partial charge >= 0.3 is 0 Å². The molecule has 5 rings (SSSR count). The highest BCUT2D eigenvalue weighted by atomic mass is 35.5. The molecule has 0 saturated heterocycles. The second kappa shape index (κ2) is 11.3. The number of halogens is 2. The standard InChI is InChI=1S/C28H24Cl2N2O3S/c29-20-6-3-5-18(13-20)17-35-24-11-10-21(30)14-19(24)15-32-28-26(23-8-1-2-9-25(23)36-28)27(33)31-16-22-7-4-12-34-22/h3-7,10-15H,1-2,8-9,16-17H2,(H,31,33). The summed E-state index contributed by atoms with van der Waals surface area (Å²) in [6.45, 7) is 0.687. The van der Waals surface area contributed by atoms with E-state index in [1.54, 1.807) is 35.9 Å². The Hall–Kier alpha value is -3.06. The number of carbonyl (C=O) groups excluding carboxylic acids is 1. The molecule has 0 fully saturated rings. The zero-order valence-electron chi connectivity index (χ0n) is 19.4. The summed E-state index contributed by atoms with van der Waals surface area (Å²) in [6.07, 6.45) is 7.37. The van der Waals surface area contributed by atoms with Gasteiger partial charge in [0.15, 0.2) is 0 Å². The van der Waals surface area contributed by atoms with Crippen LogP contribution in [0.2, 0.25) is 10.0 Å². The van der Waals surface area contributed by atoms with E-state index in [2.05, 4.69) is 5.32 Å². The van der Waals surface area contributed by atoms with Crippen LogP contribution >= 0.6 is 34.5 Å². The Morgan fingerprint density at radius 1 is 1.08 bits per heavy atom. The quantitative estimate of drug-likeness (QED) is 0.233. The van der Waals surface area contributed by atoms with Crippen molar-refractivity contribution in [1.82, 2.24) is 5.32 Å². The number of thiophene rings is 1. The molecule has 8 heteroatoms. The maximum atomic E-state index is 13.2. The van der Waals surface area contributed by atoms with Gasteiger partial charge in [0.25, 0.3) is 5.91 Å². The molecule has 2 aromatic carbocycles. The molecule has 4 aromatic rings. The average molecular weight is 539 g/mol. The molecular formula is C28H24Cl2N2O3S. The molecule has 0 aliphatic heterocycles. The van der Waals surface area contributed by atoms with Gasteiger partial charge in [-0.05, 0) is 79.3 Å². The summed E-state index contributed by atoms with van der Waals surface area (Å²) >= 11 is 14.0. The fourth-order valence-electron chi connectivity index (χ4n) is 4.21. The summed E-state index contributed by atoms with van der Waals surface area (Å²) in [5, 5.41) is 4.92. The molecule has 0 unspecified atom stereocenters. The van der Waals surface area contributed by atoms with Crippen molar-refractivity contribution in [3.8, 4) is 5.75 Å². The van der Waals surface area contributed by atoms with Crippen molar-refractivity contribution < 1.29 is 13.9 Å². The molecule has 0 spiro atoms. The lowest BCUT2D eigenvalue weighted by atomic mass is 9.95. The summed E-state index contributed by atoms with van der Waals surface area (Å²) in [6, 6.07) is 16.6. The molecule has 1 N–H and O–H groups in total. The van der Waals surface area contributed by atoms with Crippen LogP contribution in [0.1, 0.15) is 50.5 Å². The van der Waals surface area contributed by atoms with Crippen molar-refractivity contribution in [2.45, 2.75) is 38.8 Å². The predicted octanol–water partition coefficient (Wildman–Crippen LogP) is 7.79. The molecular weight excluding hydrogens is 515 g/mol. The number of hydrogen-bond donors (Lipinski definition) is 1. The third-order valence-electron chi connectivity index (χ3n) is 5.96. The fourth-order valence-corrected chi connectivity index (χ4v) is 5.84. The van der Waals surface area contributed by atoms with Gasteiger partial charge in [0.1, 0.15) is 23.1 Å². The minimum atomic E-state index is -0.138. The second-order valence-electron chi connectivity index (χ2n) is 8.51. The summed E-state index contributed by atoms with van der Waals surface area (Å²) in [4.78, 5) is 19.2. The number of furan rings is 1. The first-order valence-electron chi connectivity index (χ1n) is 11.7. The number of aryl methyl sites for hydroxylation is 1. The summed E-state index contributed by atoms with van der Waals surface area (Å²) in [5.41, 5.74) is 3.46. The number of nitrogens with zero attached hydrogens (tertiary/aromatic N) is 1. The second-order valence-corrected chi connectivity index (χ2v) is 10.5. The highest BCUT2D eigenvalue weighted by Gasteiger charge is 2.25. The van der Waals surface area contributed by atoms with Crippen molar-refractivity contribution in [3.63, 3.8) is 0 Å². The van der Waals surface area contributed by atoms with Crippen LogP contribution in [0, 0.1) is 0 Å². The van der Waals surface area contributed by atoms with Crippen LogP contribution in [-0.2, 0) is 26.0 Å². The lowest BCUT2D eigenvalue weighted by Crippen LogP contribution is -2.23. The number of nitrogens with one attached hydrogen (secondary N) is 1. The highest BCUT2D eigenvalue weighted by Crippen LogP contribution is 2.40. The Morgan fingerprint density at radius 3 is 2.78 bits per heavy atom. The molecule has 1 aliphatic carbocycles. The van der Waals surface area contributed by atoms with Gasteiger partial charge in [-0.15, -0.1) is 11.3 Å². The van der Waals surface area contributed by atoms with Crippen LogP contribution in [0.5, 0.6) is 5.75 Å². The third-order valence-corrected chi connectivity index (χ3v) is 7.63. The Bertz CT molecular complexity index is 1400. The van der Waals surface area contributed by atoms with E-state index in [1.807, 2.05) is 42.5 Å². The van der Waals surface area contributed by atoms with Crippen molar-refractivity contribution in [2.24, 2.45) is 4.99 Å². The number of aliphatic imine (C=N–C) groups is 1. The van der Waals surface area contributed by atoms with Crippen molar-refractivity contribution in [1.29, 1.82) is 0 Å². The third kappa shape index (κ3) is 5.84. The lowest BCUT2D eigenvalue weighted by Gasteiger charge is -2.12. The van der Waals surface area contributed by atoms with Crippen LogP contribution in [0.4, 0.5) is 5.00 Å². The van der Waals surface area contributed by atoms with Gasteiger partial charge in [-0.2, -0.15) is 0 Å². The smallest absolute Gasteiger partial charge is 0.255 e. The van der Waals surface area contributed by atoms with E-state index < -0.39 is 0 Å². The molecule has 0 bridgehead atoms. The molecule has 0 saturated carbocycles. The molecule has 5 nitrogen and oxygen atoms in total. The minimum absolute atomic E-state index is 0.138. The van der Waals surface area contributed by atoms with Gasteiger partial charge in [-0.3, -0.25) is 4.79 Å². The topological polar surface area (TPSA) is 63.8 Å². The summed E-state index contributed by atoms with van der Waals surface area (Å²) in [7, 11) is 0. The Morgan fingerprint density at radius 2 is 1.94 bits per heavy atom. The number of benzene rings is 2. The van der Waals surface area contributed by atoms with Gasteiger partial charge in [0.05, 0.1) is 18.4 Å². The maximum Gasteiger partial charge on any atom is 0.255 e. The molecule has 36 heavy (non-hydrogen) atoms. The lowest BCUT2D eigenvalue weighted by molar-refractivity contribution is 0.0948. The monoisotopic (exact) mass is 538 g/mol. The molecule has 1 amide bonds. The molecule has 0 radical (unpaired) electrons. The van der Waals surface area contributed by atoms with E-state index in [0.29, 0.717) is 45.3 Å². The number of carbonyl (C=O) groups is 1. The normalized spacial score (nSPS) is 13.1. The van der Waals surface area contributed by atoms with Gasteiger partial charge in [-0.25, -0.2) is 4.99 Å². The van der Waals surface area contributed by atoms with Gasteiger partial charge in [0, 0.05) is 26.7 Å². The number of ether oxygens (including phenoxy) is 1. The van der Waals surface area contributed by atoms with E-state index in [-0.39, 0.29) is 5.91 Å². The summed E-state index contributed by atoms with van der Waals surface area (Å²) < 4.78 is 11.4. The first kappa shape index (κ1) is 24.6. The molecule has 2 heterocycles. The predicted molar refractivity (Wildman–Crippen MR) is 145 cm³/mol. The highest BCUT2D eigenvalue weighted by molar-refractivity contribution is 7.16. The Kier molecular flexibility index (Phi) is 7.75. The van der Waals surface area contributed by atoms with E-state index in [0.717, 1.165) is 42.4 Å². The van der Waals surface area contributed by atoms with Crippen molar-refractivity contribution in [3.05, 3.63) is 104 Å². The van der Waals surface area contributed by atoms with E-state index >= 15 is 0 Å². The number of amides is 1. The van der Waals surface area contributed by atoms with E-state index in [9.17, 15) is 4.79 Å². The van der Waals surface area contributed by atoms with Crippen LogP contribution in [-0.4, -0.2) is 12.1 Å². The van der Waals surface area contributed by atoms with Crippen LogP contribution < -0.4 is 10.1 Å². The van der Waals surface area contributed by atoms with Crippen LogP contribution in [0.25, 0.3) is 0 Å². The maximum absolute atomic E-state index is 13.2. The first-order chi connectivity index (χ1) is 17.6. The molecule has 184 valence electrons. The zero-order valence-corrected chi connectivity index (χ0v) is 21.8. The number of fused-ring (bicyclic) bond motifs is 1.